The Bertz CT molecular complexity index is 751. The van der Waals surface area contributed by atoms with Crippen LogP contribution >= 0.6 is 11.6 Å². The first-order valence-electron chi connectivity index (χ1n) is 6.43. The Kier molecular flexibility index (Phi) is 5.42. The highest BCUT2D eigenvalue weighted by molar-refractivity contribution is 6.32. The quantitative estimate of drug-likeness (QED) is 0.616. The molecule has 0 fully saturated rings. The molecule has 8 nitrogen and oxygen atoms in total. The molecule has 0 bridgehead atoms. The van der Waals surface area contributed by atoms with E-state index in [1.54, 1.807) is 12.1 Å². The lowest BCUT2D eigenvalue weighted by atomic mass is 10.2. The Hall–Kier alpha value is -2.74. The maximum Gasteiger partial charge on any atom is 0.285 e. The van der Waals surface area contributed by atoms with E-state index in [0.29, 0.717) is 28.5 Å². The average Bonchev–Trinajstić information content (AvgIpc) is 2.57. The number of rotatable bonds is 6. The molecule has 122 valence electrons. The van der Waals surface area contributed by atoms with Crippen LogP contribution in [0.4, 0.5) is 5.69 Å². The van der Waals surface area contributed by atoms with Crippen molar-refractivity contribution in [2.45, 2.75) is 0 Å². The van der Waals surface area contributed by atoms with Crippen LogP contribution in [0.15, 0.2) is 28.2 Å². The Morgan fingerprint density at radius 1 is 1.22 bits per heavy atom. The van der Waals surface area contributed by atoms with E-state index in [0.717, 1.165) is 0 Å². The summed E-state index contributed by atoms with van der Waals surface area (Å²) in [7, 11) is 4.58. The minimum atomic E-state index is -0.500. The normalized spacial score (nSPS) is 10.6. The molecule has 0 aliphatic carbocycles. The first-order chi connectivity index (χ1) is 11.1. The van der Waals surface area contributed by atoms with Crippen LogP contribution in [0.3, 0.4) is 0 Å². The number of hydrogen-bond acceptors (Lipinski definition) is 7. The molecule has 0 spiro atoms. The summed E-state index contributed by atoms with van der Waals surface area (Å²) >= 11 is 5.83. The fourth-order valence-electron chi connectivity index (χ4n) is 1.81. The van der Waals surface area contributed by atoms with Gasteiger partial charge in [0.25, 0.3) is 5.56 Å². The van der Waals surface area contributed by atoms with Crippen molar-refractivity contribution in [2.24, 2.45) is 5.10 Å². The van der Waals surface area contributed by atoms with Gasteiger partial charge in [-0.15, -0.1) is 0 Å². The van der Waals surface area contributed by atoms with Crippen LogP contribution in [0.25, 0.3) is 0 Å². The van der Waals surface area contributed by atoms with Crippen molar-refractivity contribution in [3.05, 3.63) is 39.3 Å². The summed E-state index contributed by atoms with van der Waals surface area (Å²) in [4.78, 5) is 11.3. The third-order valence-corrected chi connectivity index (χ3v) is 3.26. The third-order valence-electron chi connectivity index (χ3n) is 2.88. The number of nitrogens with zero attached hydrogens (tertiary/aromatic N) is 2. The van der Waals surface area contributed by atoms with Crippen LogP contribution in [0.1, 0.15) is 5.56 Å². The fourth-order valence-corrected chi connectivity index (χ4v) is 1.95. The van der Waals surface area contributed by atoms with Crippen molar-refractivity contribution in [1.82, 2.24) is 10.2 Å². The van der Waals surface area contributed by atoms with Crippen molar-refractivity contribution < 1.29 is 14.2 Å². The largest absolute Gasteiger partial charge is 0.493 e. The molecular formula is C14H15ClN4O4. The van der Waals surface area contributed by atoms with E-state index in [4.69, 9.17) is 25.8 Å². The number of hydrazone groups is 1. The molecule has 0 atom stereocenters. The predicted molar refractivity (Wildman–Crippen MR) is 87.2 cm³/mol. The van der Waals surface area contributed by atoms with E-state index in [1.807, 2.05) is 0 Å². The van der Waals surface area contributed by atoms with Crippen molar-refractivity contribution in [3.63, 3.8) is 0 Å². The van der Waals surface area contributed by atoms with Gasteiger partial charge >= 0.3 is 0 Å². The first kappa shape index (κ1) is 16.6. The third kappa shape index (κ3) is 3.72. The first-order valence-corrected chi connectivity index (χ1v) is 6.80. The molecule has 0 saturated carbocycles. The molecule has 0 aliphatic rings. The second-order valence-electron chi connectivity index (χ2n) is 4.26. The van der Waals surface area contributed by atoms with Crippen molar-refractivity contribution in [2.75, 3.05) is 26.8 Å². The van der Waals surface area contributed by atoms with E-state index in [-0.39, 0.29) is 5.02 Å². The molecule has 2 N–H and O–H groups in total. The Balaban J connectivity index is 2.25. The summed E-state index contributed by atoms with van der Waals surface area (Å²) in [5.41, 5.74) is 3.13. The van der Waals surface area contributed by atoms with Crippen LogP contribution < -0.4 is 25.2 Å². The SMILES string of the molecule is COc1cc(/C=N\Nc2cn[nH]c(=O)c2Cl)cc(OC)c1OC. The van der Waals surface area contributed by atoms with Gasteiger partial charge in [-0.25, -0.2) is 5.10 Å². The maximum absolute atomic E-state index is 11.3. The number of benzene rings is 1. The number of aromatic amines is 1. The van der Waals surface area contributed by atoms with Gasteiger partial charge in [0.1, 0.15) is 10.7 Å². The van der Waals surface area contributed by atoms with Gasteiger partial charge in [0, 0.05) is 5.56 Å². The Morgan fingerprint density at radius 2 is 1.87 bits per heavy atom. The van der Waals surface area contributed by atoms with Gasteiger partial charge in [0.05, 0.1) is 33.7 Å². The molecule has 0 radical (unpaired) electrons. The van der Waals surface area contributed by atoms with Crippen LogP contribution in [-0.2, 0) is 0 Å². The van der Waals surface area contributed by atoms with Gasteiger partial charge in [-0.2, -0.15) is 10.2 Å². The Morgan fingerprint density at radius 3 is 2.43 bits per heavy atom. The van der Waals surface area contributed by atoms with Crippen LogP contribution in [0.5, 0.6) is 17.2 Å². The van der Waals surface area contributed by atoms with Gasteiger partial charge in [-0.1, -0.05) is 11.6 Å². The number of nitrogens with one attached hydrogen (secondary N) is 2. The molecule has 0 saturated heterocycles. The van der Waals surface area contributed by atoms with E-state index in [2.05, 4.69) is 20.7 Å². The van der Waals surface area contributed by atoms with Crippen LogP contribution in [-0.4, -0.2) is 37.7 Å². The van der Waals surface area contributed by atoms with E-state index >= 15 is 0 Å². The lowest BCUT2D eigenvalue weighted by molar-refractivity contribution is 0.324. The number of anilines is 1. The van der Waals surface area contributed by atoms with Crippen LogP contribution in [0, 0.1) is 0 Å². The summed E-state index contributed by atoms with van der Waals surface area (Å²) in [6, 6.07) is 3.45. The minimum absolute atomic E-state index is 0.0259. The van der Waals surface area contributed by atoms with E-state index < -0.39 is 5.56 Å². The van der Waals surface area contributed by atoms with Gasteiger partial charge < -0.3 is 14.2 Å². The monoisotopic (exact) mass is 338 g/mol. The predicted octanol–water partition coefficient (Wildman–Crippen LogP) is 1.90. The average molecular weight is 339 g/mol. The number of H-pyrrole nitrogens is 1. The van der Waals surface area contributed by atoms with Gasteiger partial charge in [0.2, 0.25) is 5.75 Å². The molecule has 2 rings (SSSR count). The Labute approximate surface area is 137 Å². The summed E-state index contributed by atoms with van der Waals surface area (Å²) in [6.07, 6.45) is 2.87. The lowest BCUT2D eigenvalue weighted by Crippen LogP contribution is -2.10. The molecule has 9 heteroatoms. The smallest absolute Gasteiger partial charge is 0.285 e. The second kappa shape index (κ2) is 7.50. The number of methoxy groups -OCH3 is 3. The molecule has 0 amide bonds. The number of halogens is 1. The maximum atomic E-state index is 11.3. The fraction of sp³-hybridized carbons (Fsp3) is 0.214. The molecule has 23 heavy (non-hydrogen) atoms. The topological polar surface area (TPSA) is 97.8 Å². The highest BCUT2D eigenvalue weighted by Crippen LogP contribution is 2.37. The molecule has 1 aromatic heterocycles. The molecule has 0 aliphatic heterocycles. The summed E-state index contributed by atoms with van der Waals surface area (Å²) in [6.45, 7) is 0. The molecule has 2 aromatic rings. The number of ether oxygens (including phenoxy) is 3. The van der Waals surface area contributed by atoms with Gasteiger partial charge in [-0.3, -0.25) is 10.2 Å². The van der Waals surface area contributed by atoms with Gasteiger partial charge in [-0.05, 0) is 12.1 Å². The van der Waals surface area contributed by atoms with Crippen molar-refractivity contribution >= 4 is 23.5 Å². The summed E-state index contributed by atoms with van der Waals surface area (Å²) < 4.78 is 15.8. The van der Waals surface area contributed by atoms with E-state index in [9.17, 15) is 4.79 Å². The van der Waals surface area contributed by atoms with Gasteiger partial charge in [0.15, 0.2) is 11.5 Å². The highest BCUT2D eigenvalue weighted by Gasteiger charge is 2.12. The summed E-state index contributed by atoms with van der Waals surface area (Å²) in [5.74, 6) is 1.50. The molecule has 1 heterocycles. The standard InChI is InChI=1S/C14H15ClN4O4/c1-21-10-4-8(5-11(22-2)13(10)23-3)6-16-18-9-7-17-19-14(20)12(9)15/h4-7H,1-3H3,(H2,18,19,20)/b16-6-. The number of aromatic nitrogens is 2. The number of hydrogen-bond donors (Lipinski definition) is 2. The molecule has 1 aromatic carbocycles. The zero-order valence-corrected chi connectivity index (χ0v) is 13.5. The lowest BCUT2D eigenvalue weighted by Gasteiger charge is -2.12. The summed E-state index contributed by atoms with van der Waals surface area (Å²) in [5, 5.41) is 9.84. The van der Waals surface area contributed by atoms with Crippen LogP contribution in [0.2, 0.25) is 5.02 Å². The zero-order chi connectivity index (χ0) is 16.8. The molecule has 0 unspecified atom stereocenters. The molecular weight excluding hydrogens is 324 g/mol. The minimum Gasteiger partial charge on any atom is -0.493 e. The second-order valence-corrected chi connectivity index (χ2v) is 4.63. The highest BCUT2D eigenvalue weighted by atomic mass is 35.5. The van der Waals surface area contributed by atoms with Crippen molar-refractivity contribution in [3.8, 4) is 17.2 Å². The zero-order valence-electron chi connectivity index (χ0n) is 12.7. The van der Waals surface area contributed by atoms with Crippen molar-refractivity contribution in [1.29, 1.82) is 0 Å². The van der Waals surface area contributed by atoms with E-state index in [1.165, 1.54) is 33.7 Å².